The fourth-order valence-corrected chi connectivity index (χ4v) is 3.91. The Balaban J connectivity index is 2.10. The highest BCUT2D eigenvalue weighted by Crippen LogP contribution is 2.38. The van der Waals surface area contributed by atoms with Gasteiger partial charge < -0.3 is 0 Å². The lowest BCUT2D eigenvalue weighted by molar-refractivity contribution is 0.690. The Hall–Kier alpha value is -0.170. The summed E-state index contributed by atoms with van der Waals surface area (Å²) in [5.41, 5.74) is 1.52. The first-order valence-corrected chi connectivity index (χ1v) is 8.82. The molecule has 0 aromatic carbocycles. The van der Waals surface area contributed by atoms with Crippen molar-refractivity contribution in [3.05, 3.63) is 36.7 Å². The molecule has 1 aliphatic rings. The second-order valence-electron chi connectivity index (χ2n) is 5.00. The van der Waals surface area contributed by atoms with Crippen molar-refractivity contribution >= 4 is 57.4 Å². The van der Waals surface area contributed by atoms with E-state index in [1.807, 2.05) is 0 Å². The highest BCUT2D eigenvalue weighted by atomic mass is 127. The lowest BCUT2D eigenvalue weighted by Crippen LogP contribution is -2.05. The maximum Gasteiger partial charge on any atom is 0.181 e. The van der Waals surface area contributed by atoms with Crippen molar-refractivity contribution in [1.29, 1.82) is 0 Å². The smallest absolute Gasteiger partial charge is 0.181 e. The fraction of sp³-hybridized carbons (Fsp3) is 0.357. The van der Waals surface area contributed by atoms with E-state index >= 15 is 0 Å². The van der Waals surface area contributed by atoms with Crippen molar-refractivity contribution in [3.63, 3.8) is 0 Å². The predicted molar refractivity (Wildman–Crippen MR) is 94.2 cm³/mol. The molecular weight excluding hydrogens is 443 g/mol. The Bertz CT molecular complexity index is 687. The van der Waals surface area contributed by atoms with Crippen LogP contribution in [0.15, 0.2) is 12.3 Å². The molecule has 3 nitrogen and oxygen atoms in total. The molecule has 0 bridgehead atoms. The molecule has 1 aliphatic carbocycles. The molecule has 7 heteroatoms. The van der Waals surface area contributed by atoms with Crippen LogP contribution in [0.3, 0.4) is 0 Å². The van der Waals surface area contributed by atoms with Crippen molar-refractivity contribution in [1.82, 2.24) is 15.0 Å². The third kappa shape index (κ3) is 3.28. The van der Waals surface area contributed by atoms with Crippen molar-refractivity contribution < 1.29 is 0 Å². The van der Waals surface area contributed by atoms with Crippen molar-refractivity contribution in [2.24, 2.45) is 0 Å². The van der Waals surface area contributed by atoms with Crippen LogP contribution in [0.2, 0.25) is 15.2 Å². The van der Waals surface area contributed by atoms with E-state index in [0.717, 1.165) is 22.1 Å². The lowest BCUT2D eigenvalue weighted by Gasteiger charge is -2.13. The summed E-state index contributed by atoms with van der Waals surface area (Å²) in [6, 6.07) is 1.63. The average Bonchev–Trinajstić information content (AvgIpc) is 2.96. The number of hydrogen-bond acceptors (Lipinski definition) is 3. The Labute approximate surface area is 151 Å². The first-order valence-electron chi connectivity index (χ1n) is 6.60. The molecule has 1 fully saturated rings. The van der Waals surface area contributed by atoms with Crippen LogP contribution >= 0.6 is 57.4 Å². The Morgan fingerprint density at radius 2 is 1.81 bits per heavy atom. The third-order valence-corrected chi connectivity index (χ3v) is 5.75. The second kappa shape index (κ2) is 6.52. The minimum absolute atomic E-state index is 0.428. The molecule has 0 spiro atoms. The van der Waals surface area contributed by atoms with E-state index in [1.54, 1.807) is 6.07 Å². The van der Waals surface area contributed by atoms with Gasteiger partial charge in [0.1, 0.15) is 10.8 Å². The molecule has 2 aromatic heterocycles. The standard InChI is InChI=1S/C14H11Cl3IN3/c15-8-5-9(16)12(19-6-8)14-20-11(7-3-1-2-4-7)10(18)13(17)21-14/h5-7H,1-4H2. The van der Waals surface area contributed by atoms with Crippen LogP contribution in [-0.4, -0.2) is 15.0 Å². The van der Waals surface area contributed by atoms with Crippen molar-refractivity contribution in [2.75, 3.05) is 0 Å². The number of halogens is 4. The van der Waals surface area contributed by atoms with E-state index in [1.165, 1.54) is 19.0 Å². The van der Waals surface area contributed by atoms with E-state index in [9.17, 15) is 0 Å². The van der Waals surface area contributed by atoms with Gasteiger partial charge in [-0.15, -0.1) is 0 Å². The number of aromatic nitrogens is 3. The van der Waals surface area contributed by atoms with Gasteiger partial charge in [-0.3, -0.25) is 0 Å². The molecule has 0 unspecified atom stereocenters. The van der Waals surface area contributed by atoms with Crippen molar-refractivity contribution in [2.45, 2.75) is 31.6 Å². The summed E-state index contributed by atoms with van der Waals surface area (Å²) >= 11 is 20.6. The molecule has 3 rings (SSSR count). The van der Waals surface area contributed by atoms with Gasteiger partial charge in [-0.25, -0.2) is 15.0 Å². The second-order valence-corrected chi connectivity index (χ2v) is 7.28. The Morgan fingerprint density at radius 3 is 2.48 bits per heavy atom. The summed E-state index contributed by atoms with van der Waals surface area (Å²) in [6.45, 7) is 0. The van der Waals surface area contributed by atoms with Crippen LogP contribution in [-0.2, 0) is 0 Å². The van der Waals surface area contributed by atoms with Crippen LogP contribution in [0.5, 0.6) is 0 Å². The molecule has 2 heterocycles. The molecule has 110 valence electrons. The van der Waals surface area contributed by atoms with Gasteiger partial charge in [-0.1, -0.05) is 47.6 Å². The van der Waals surface area contributed by atoms with Crippen LogP contribution in [0.4, 0.5) is 0 Å². The zero-order valence-corrected chi connectivity index (χ0v) is 15.3. The molecule has 0 amide bonds. The van der Waals surface area contributed by atoms with Gasteiger partial charge in [-0.2, -0.15) is 0 Å². The molecule has 0 atom stereocenters. The zero-order valence-electron chi connectivity index (χ0n) is 10.9. The summed E-state index contributed by atoms with van der Waals surface area (Å²) in [6.07, 6.45) is 6.29. The van der Waals surface area contributed by atoms with Gasteiger partial charge in [0.05, 0.1) is 19.3 Å². The van der Waals surface area contributed by atoms with Gasteiger partial charge in [-0.05, 0) is 41.5 Å². The summed E-state index contributed by atoms with van der Waals surface area (Å²) in [5.74, 6) is 0.909. The topological polar surface area (TPSA) is 38.7 Å². The molecular formula is C14H11Cl3IN3. The highest BCUT2D eigenvalue weighted by molar-refractivity contribution is 14.1. The van der Waals surface area contributed by atoms with Gasteiger partial charge in [0.2, 0.25) is 0 Å². The molecule has 0 N–H and O–H groups in total. The van der Waals surface area contributed by atoms with E-state index in [0.29, 0.717) is 32.6 Å². The first-order chi connectivity index (χ1) is 10.1. The average molecular weight is 455 g/mol. The first kappa shape index (κ1) is 15.7. The third-order valence-electron chi connectivity index (χ3n) is 3.60. The van der Waals surface area contributed by atoms with Crippen LogP contribution < -0.4 is 0 Å². The number of pyridine rings is 1. The van der Waals surface area contributed by atoms with E-state index in [-0.39, 0.29) is 0 Å². The van der Waals surface area contributed by atoms with Crippen LogP contribution in [0.25, 0.3) is 11.5 Å². The summed E-state index contributed by atoms with van der Waals surface area (Å²) in [7, 11) is 0. The Morgan fingerprint density at radius 1 is 1.10 bits per heavy atom. The number of nitrogens with zero attached hydrogens (tertiary/aromatic N) is 3. The highest BCUT2D eigenvalue weighted by Gasteiger charge is 2.24. The number of rotatable bonds is 2. The monoisotopic (exact) mass is 453 g/mol. The van der Waals surface area contributed by atoms with Crippen molar-refractivity contribution in [3.8, 4) is 11.5 Å². The maximum absolute atomic E-state index is 6.28. The fourth-order valence-electron chi connectivity index (χ4n) is 2.59. The summed E-state index contributed by atoms with van der Waals surface area (Å²) in [4.78, 5) is 13.2. The quantitative estimate of drug-likeness (QED) is 0.428. The number of hydrogen-bond donors (Lipinski definition) is 0. The lowest BCUT2D eigenvalue weighted by atomic mass is 10.0. The van der Waals surface area contributed by atoms with E-state index in [4.69, 9.17) is 34.8 Å². The molecule has 0 radical (unpaired) electrons. The molecule has 0 aliphatic heterocycles. The molecule has 1 saturated carbocycles. The minimum Gasteiger partial charge on any atom is -0.250 e. The normalized spacial score (nSPS) is 15.6. The predicted octanol–water partition coefficient (Wildman–Crippen LogP) is 5.76. The van der Waals surface area contributed by atoms with Gasteiger partial charge in [0.25, 0.3) is 0 Å². The van der Waals surface area contributed by atoms with Gasteiger partial charge in [0.15, 0.2) is 5.82 Å². The molecule has 0 saturated heterocycles. The van der Waals surface area contributed by atoms with Gasteiger partial charge >= 0.3 is 0 Å². The van der Waals surface area contributed by atoms with Crippen LogP contribution in [0, 0.1) is 3.57 Å². The van der Waals surface area contributed by atoms with Crippen LogP contribution in [0.1, 0.15) is 37.3 Å². The molecule has 2 aromatic rings. The molecule has 21 heavy (non-hydrogen) atoms. The van der Waals surface area contributed by atoms with E-state index < -0.39 is 0 Å². The summed E-state index contributed by atoms with van der Waals surface area (Å²) in [5, 5.41) is 1.36. The van der Waals surface area contributed by atoms with E-state index in [2.05, 4.69) is 37.5 Å². The minimum atomic E-state index is 0.428. The summed E-state index contributed by atoms with van der Waals surface area (Å²) < 4.78 is 0.926. The van der Waals surface area contributed by atoms with Gasteiger partial charge in [0, 0.05) is 12.1 Å². The SMILES string of the molecule is Clc1cnc(-c2nc(Cl)c(I)c(C3CCCC3)n2)c(Cl)c1. The Kier molecular flexibility index (Phi) is 4.88. The zero-order chi connectivity index (χ0) is 15.0. The largest absolute Gasteiger partial charge is 0.250 e. The maximum atomic E-state index is 6.28.